The largest absolute Gasteiger partial charge is 0.353 e. The van der Waals surface area contributed by atoms with Crippen molar-refractivity contribution in [2.24, 2.45) is 5.73 Å². The second kappa shape index (κ2) is 9.87. The van der Waals surface area contributed by atoms with E-state index in [-0.39, 0.29) is 37.2 Å². The van der Waals surface area contributed by atoms with Gasteiger partial charge in [-0.2, -0.15) is 0 Å². The standard InChI is InChI=1S/C15H25N3O3S.ClH/c1-3-9-15(2,16)14(19)17-10-11-22(20,21)18-12-13-7-5-4-6-8-13;/h4-8,18H,3,9-12,16H2,1-2H3,(H,17,19);1H. The number of nitrogens with two attached hydrogens (primary N) is 1. The molecule has 1 amide bonds. The van der Waals surface area contributed by atoms with Gasteiger partial charge in [-0.1, -0.05) is 43.7 Å². The monoisotopic (exact) mass is 363 g/mol. The fourth-order valence-electron chi connectivity index (χ4n) is 2.00. The van der Waals surface area contributed by atoms with Crippen LogP contribution in [0.25, 0.3) is 0 Å². The van der Waals surface area contributed by atoms with Crippen LogP contribution in [0.2, 0.25) is 0 Å². The van der Waals surface area contributed by atoms with Gasteiger partial charge in [0.15, 0.2) is 0 Å². The van der Waals surface area contributed by atoms with Gasteiger partial charge < -0.3 is 11.1 Å². The fourth-order valence-corrected chi connectivity index (χ4v) is 2.90. The summed E-state index contributed by atoms with van der Waals surface area (Å²) in [6.45, 7) is 3.87. The average Bonchev–Trinajstić information content (AvgIpc) is 2.46. The van der Waals surface area contributed by atoms with Crippen LogP contribution in [0.4, 0.5) is 0 Å². The molecule has 1 unspecified atom stereocenters. The highest BCUT2D eigenvalue weighted by atomic mass is 35.5. The van der Waals surface area contributed by atoms with E-state index in [9.17, 15) is 13.2 Å². The maximum atomic E-state index is 11.9. The normalized spacial score (nSPS) is 13.7. The van der Waals surface area contributed by atoms with Crippen molar-refractivity contribution in [1.29, 1.82) is 0 Å². The van der Waals surface area contributed by atoms with Crippen molar-refractivity contribution in [2.45, 2.75) is 38.8 Å². The maximum absolute atomic E-state index is 11.9. The van der Waals surface area contributed by atoms with Gasteiger partial charge in [0.1, 0.15) is 0 Å². The number of halogens is 1. The Morgan fingerprint density at radius 1 is 1.26 bits per heavy atom. The van der Waals surface area contributed by atoms with Crippen LogP contribution in [0.1, 0.15) is 32.3 Å². The van der Waals surface area contributed by atoms with E-state index < -0.39 is 15.6 Å². The van der Waals surface area contributed by atoms with E-state index in [0.717, 1.165) is 12.0 Å². The first-order valence-corrected chi connectivity index (χ1v) is 9.00. The summed E-state index contributed by atoms with van der Waals surface area (Å²) in [5.74, 6) is -0.499. The number of hydrogen-bond acceptors (Lipinski definition) is 4. The van der Waals surface area contributed by atoms with Crippen LogP contribution >= 0.6 is 12.4 Å². The number of hydrogen-bond donors (Lipinski definition) is 3. The third kappa shape index (κ3) is 8.31. The number of nitrogens with one attached hydrogen (secondary N) is 2. The molecule has 0 aliphatic carbocycles. The maximum Gasteiger partial charge on any atom is 0.239 e. The second-order valence-corrected chi connectivity index (χ2v) is 7.48. The summed E-state index contributed by atoms with van der Waals surface area (Å²) in [5, 5.41) is 2.58. The molecule has 0 saturated carbocycles. The molecule has 0 aliphatic rings. The predicted octanol–water partition coefficient (Wildman–Crippen LogP) is 1.16. The van der Waals surface area contributed by atoms with E-state index in [1.807, 2.05) is 37.3 Å². The van der Waals surface area contributed by atoms with Gasteiger partial charge in [0.2, 0.25) is 15.9 Å². The molecule has 1 atom stereocenters. The van der Waals surface area contributed by atoms with Crippen LogP contribution in [0.3, 0.4) is 0 Å². The highest BCUT2D eigenvalue weighted by molar-refractivity contribution is 7.89. The lowest BCUT2D eigenvalue weighted by Gasteiger charge is -2.22. The zero-order valence-electron chi connectivity index (χ0n) is 13.5. The number of sulfonamides is 1. The Balaban J connectivity index is 0.00000484. The summed E-state index contributed by atoms with van der Waals surface area (Å²) in [5.41, 5.74) is 5.80. The number of rotatable bonds is 9. The van der Waals surface area contributed by atoms with E-state index in [1.165, 1.54) is 0 Å². The summed E-state index contributed by atoms with van der Waals surface area (Å²) >= 11 is 0. The molecule has 0 aliphatic heterocycles. The number of carbonyl (C=O) groups is 1. The number of amides is 1. The first-order valence-electron chi connectivity index (χ1n) is 7.35. The van der Waals surface area contributed by atoms with Gasteiger partial charge in [0.25, 0.3) is 0 Å². The molecule has 0 heterocycles. The zero-order chi connectivity index (χ0) is 16.6. The molecule has 0 aromatic heterocycles. The molecule has 0 saturated heterocycles. The Labute approximate surface area is 144 Å². The second-order valence-electron chi connectivity index (χ2n) is 5.55. The van der Waals surface area contributed by atoms with E-state index in [4.69, 9.17) is 5.73 Å². The van der Waals surface area contributed by atoms with Crippen LogP contribution in [-0.4, -0.2) is 32.2 Å². The molecule has 132 valence electrons. The topological polar surface area (TPSA) is 101 Å². The zero-order valence-corrected chi connectivity index (χ0v) is 15.2. The molecular weight excluding hydrogens is 338 g/mol. The molecule has 23 heavy (non-hydrogen) atoms. The summed E-state index contributed by atoms with van der Waals surface area (Å²) in [7, 11) is -3.44. The van der Waals surface area contributed by atoms with Crippen molar-refractivity contribution in [1.82, 2.24) is 10.0 Å². The quantitative estimate of drug-likeness (QED) is 0.612. The minimum atomic E-state index is -3.44. The molecule has 0 radical (unpaired) electrons. The summed E-state index contributed by atoms with van der Waals surface area (Å²) in [4.78, 5) is 11.9. The van der Waals surface area contributed by atoms with E-state index in [2.05, 4.69) is 10.0 Å². The minimum Gasteiger partial charge on any atom is -0.353 e. The van der Waals surface area contributed by atoms with E-state index >= 15 is 0 Å². The van der Waals surface area contributed by atoms with Crippen LogP contribution in [0.15, 0.2) is 30.3 Å². The Morgan fingerprint density at radius 2 is 1.87 bits per heavy atom. The highest BCUT2D eigenvalue weighted by Gasteiger charge is 2.26. The Hall–Kier alpha value is -1.15. The Bertz CT molecular complexity index is 577. The van der Waals surface area contributed by atoms with Crippen LogP contribution in [0, 0.1) is 0 Å². The van der Waals surface area contributed by atoms with Crippen molar-refractivity contribution >= 4 is 28.3 Å². The minimum absolute atomic E-state index is 0. The third-order valence-electron chi connectivity index (χ3n) is 3.28. The fraction of sp³-hybridized carbons (Fsp3) is 0.533. The van der Waals surface area contributed by atoms with Crippen molar-refractivity contribution in [3.05, 3.63) is 35.9 Å². The van der Waals surface area contributed by atoms with Crippen molar-refractivity contribution in [3.63, 3.8) is 0 Å². The van der Waals surface area contributed by atoms with Crippen molar-refractivity contribution < 1.29 is 13.2 Å². The number of carbonyl (C=O) groups excluding carboxylic acids is 1. The van der Waals surface area contributed by atoms with Crippen LogP contribution in [-0.2, 0) is 21.4 Å². The summed E-state index contributed by atoms with van der Waals surface area (Å²) in [6, 6.07) is 9.25. The van der Waals surface area contributed by atoms with Gasteiger partial charge in [-0.25, -0.2) is 13.1 Å². The SMILES string of the molecule is CCCC(C)(N)C(=O)NCCS(=O)(=O)NCc1ccccc1.Cl. The lowest BCUT2D eigenvalue weighted by Crippen LogP contribution is -2.52. The molecule has 0 fully saturated rings. The Kier molecular flexibility index (Phi) is 9.38. The molecule has 6 nitrogen and oxygen atoms in total. The molecule has 0 bridgehead atoms. The summed E-state index contributed by atoms with van der Waals surface area (Å²) < 4.78 is 26.2. The molecular formula is C15H26ClN3O3S. The van der Waals surface area contributed by atoms with Crippen molar-refractivity contribution in [3.8, 4) is 0 Å². The Morgan fingerprint density at radius 3 is 2.43 bits per heavy atom. The van der Waals surface area contributed by atoms with Crippen LogP contribution < -0.4 is 15.8 Å². The first-order chi connectivity index (χ1) is 10.3. The van der Waals surface area contributed by atoms with Gasteiger partial charge in [-0.15, -0.1) is 12.4 Å². The van der Waals surface area contributed by atoms with Gasteiger partial charge in [-0.3, -0.25) is 4.79 Å². The van der Waals surface area contributed by atoms with E-state index in [0.29, 0.717) is 6.42 Å². The molecule has 0 spiro atoms. The van der Waals surface area contributed by atoms with Crippen molar-refractivity contribution in [2.75, 3.05) is 12.3 Å². The number of benzene rings is 1. The molecule has 1 rings (SSSR count). The van der Waals surface area contributed by atoms with Gasteiger partial charge in [0.05, 0.1) is 11.3 Å². The molecule has 1 aromatic carbocycles. The van der Waals surface area contributed by atoms with Crippen LogP contribution in [0.5, 0.6) is 0 Å². The average molecular weight is 364 g/mol. The summed E-state index contributed by atoms with van der Waals surface area (Å²) in [6.07, 6.45) is 1.34. The van der Waals surface area contributed by atoms with Gasteiger partial charge in [0, 0.05) is 13.1 Å². The van der Waals surface area contributed by atoms with Gasteiger partial charge >= 0.3 is 0 Å². The lowest BCUT2D eigenvalue weighted by molar-refractivity contribution is -0.125. The predicted molar refractivity (Wildman–Crippen MR) is 94.8 cm³/mol. The third-order valence-corrected chi connectivity index (χ3v) is 4.61. The lowest BCUT2D eigenvalue weighted by atomic mass is 9.97. The molecule has 1 aromatic rings. The van der Waals surface area contributed by atoms with E-state index in [1.54, 1.807) is 6.92 Å². The highest BCUT2D eigenvalue weighted by Crippen LogP contribution is 2.08. The smallest absolute Gasteiger partial charge is 0.239 e. The molecule has 8 heteroatoms. The first kappa shape index (κ1) is 21.9. The van der Waals surface area contributed by atoms with Gasteiger partial charge in [-0.05, 0) is 18.9 Å². The molecule has 4 N–H and O–H groups in total.